The SMILES string of the molecule is CC[N+](CC)(CC)CC.O=C(O)/C=C/c1ccc(O)cc1.O=C(O)/C=C/c1ccc(O)cc1.[Cl-]. The topological polar surface area (TPSA) is 115 Å². The largest absolute Gasteiger partial charge is 1.00 e. The molecule has 0 saturated carbocycles. The maximum Gasteiger partial charge on any atom is 0.328 e. The van der Waals surface area contributed by atoms with Gasteiger partial charge in [-0.2, -0.15) is 0 Å². The molecule has 0 bridgehead atoms. The van der Waals surface area contributed by atoms with Gasteiger partial charge in [0.2, 0.25) is 0 Å². The second kappa shape index (κ2) is 18.2. The first-order valence-electron chi connectivity index (χ1n) is 10.9. The van der Waals surface area contributed by atoms with Gasteiger partial charge in [0.15, 0.2) is 0 Å². The van der Waals surface area contributed by atoms with Crippen LogP contribution in [-0.2, 0) is 9.59 Å². The molecule has 0 unspecified atom stereocenters. The highest BCUT2D eigenvalue weighted by Gasteiger charge is 2.16. The van der Waals surface area contributed by atoms with Crippen molar-refractivity contribution in [3.63, 3.8) is 0 Å². The van der Waals surface area contributed by atoms with Gasteiger partial charge in [0.05, 0.1) is 26.2 Å². The number of benzene rings is 2. The predicted molar refractivity (Wildman–Crippen MR) is 132 cm³/mol. The van der Waals surface area contributed by atoms with E-state index in [9.17, 15) is 9.59 Å². The summed E-state index contributed by atoms with van der Waals surface area (Å²) in [5.74, 6) is -1.63. The number of aliphatic carboxylic acids is 2. The number of nitrogens with zero attached hydrogens (tertiary/aromatic N) is 1. The van der Waals surface area contributed by atoms with Gasteiger partial charge in [0.1, 0.15) is 11.5 Å². The van der Waals surface area contributed by atoms with Crippen molar-refractivity contribution in [3.05, 3.63) is 71.8 Å². The molecule has 0 fully saturated rings. The van der Waals surface area contributed by atoms with Crippen LogP contribution in [0.5, 0.6) is 11.5 Å². The van der Waals surface area contributed by atoms with Gasteiger partial charge in [-0.25, -0.2) is 9.59 Å². The molecule has 0 spiro atoms. The van der Waals surface area contributed by atoms with Crippen LogP contribution in [0.25, 0.3) is 12.2 Å². The van der Waals surface area contributed by atoms with E-state index >= 15 is 0 Å². The number of aromatic hydroxyl groups is 2. The standard InChI is InChI=1S/2C9H8O3.C8H20N.ClH/c2*10-8-4-1-7(2-5-8)3-6-9(11)12;1-5-9(6-2,7-3)8-4;/h2*1-6,10H,(H,11,12);5-8H2,1-4H3;1H/q;;+1;/p-1/b2*6-3+;;. The molecule has 0 heterocycles. The van der Waals surface area contributed by atoms with E-state index in [2.05, 4.69) is 27.7 Å². The van der Waals surface area contributed by atoms with Crippen LogP contribution >= 0.6 is 0 Å². The van der Waals surface area contributed by atoms with Crippen LogP contribution in [-0.4, -0.2) is 63.0 Å². The summed E-state index contributed by atoms with van der Waals surface area (Å²) in [5, 5.41) is 34.4. The van der Waals surface area contributed by atoms with E-state index in [1.807, 2.05) is 0 Å². The molecule has 0 amide bonds. The maximum absolute atomic E-state index is 10.1. The van der Waals surface area contributed by atoms with Crippen molar-refractivity contribution in [2.75, 3.05) is 26.2 Å². The van der Waals surface area contributed by atoms with Gasteiger partial charge in [-0.05, 0) is 75.2 Å². The summed E-state index contributed by atoms with van der Waals surface area (Å²) in [7, 11) is 0. The van der Waals surface area contributed by atoms with Crippen LogP contribution in [0.2, 0.25) is 0 Å². The molecule has 7 nitrogen and oxygen atoms in total. The zero-order chi connectivity index (χ0) is 25.3. The minimum absolute atomic E-state index is 0. The summed E-state index contributed by atoms with van der Waals surface area (Å²) < 4.78 is 1.28. The predicted octanol–water partition coefficient (Wildman–Crippen LogP) is 1.87. The van der Waals surface area contributed by atoms with E-state index in [1.54, 1.807) is 24.3 Å². The van der Waals surface area contributed by atoms with E-state index in [0.717, 1.165) is 23.3 Å². The molecule has 8 heteroatoms. The Morgan fingerprint density at radius 3 is 1.09 bits per heavy atom. The Bertz CT molecular complexity index is 806. The van der Waals surface area contributed by atoms with Crippen LogP contribution in [0.3, 0.4) is 0 Å². The summed E-state index contributed by atoms with van der Waals surface area (Å²) in [4.78, 5) is 20.2. The number of carboxylic acids is 2. The zero-order valence-electron chi connectivity index (χ0n) is 20.2. The Morgan fingerprint density at radius 2 is 0.912 bits per heavy atom. The van der Waals surface area contributed by atoms with Gasteiger partial charge in [-0.1, -0.05) is 24.3 Å². The van der Waals surface area contributed by atoms with E-state index in [-0.39, 0.29) is 23.9 Å². The summed E-state index contributed by atoms with van der Waals surface area (Å²) in [6.07, 6.45) is 5.02. The van der Waals surface area contributed by atoms with Gasteiger partial charge < -0.3 is 37.3 Å². The van der Waals surface area contributed by atoms with E-state index < -0.39 is 11.9 Å². The fourth-order valence-corrected chi connectivity index (χ4v) is 2.85. The van der Waals surface area contributed by atoms with Gasteiger partial charge in [-0.3, -0.25) is 0 Å². The summed E-state index contributed by atoms with van der Waals surface area (Å²) in [5.41, 5.74) is 1.49. The monoisotopic (exact) mass is 493 g/mol. The fourth-order valence-electron chi connectivity index (χ4n) is 2.85. The number of halogens is 1. The average Bonchev–Trinajstić information content (AvgIpc) is 2.81. The van der Waals surface area contributed by atoms with Crippen molar-refractivity contribution in [2.45, 2.75) is 27.7 Å². The highest BCUT2D eigenvalue weighted by atomic mass is 35.5. The lowest BCUT2D eigenvalue weighted by atomic mass is 10.2. The summed E-state index contributed by atoms with van der Waals surface area (Å²) in [6, 6.07) is 12.5. The fraction of sp³-hybridized carbons (Fsp3) is 0.308. The lowest BCUT2D eigenvalue weighted by Crippen LogP contribution is -3.00. The molecule has 0 aliphatic carbocycles. The van der Waals surface area contributed by atoms with Gasteiger partial charge in [0.25, 0.3) is 0 Å². The van der Waals surface area contributed by atoms with Gasteiger partial charge in [0, 0.05) is 12.2 Å². The molecule has 0 atom stereocenters. The number of rotatable bonds is 8. The Morgan fingerprint density at radius 1 is 0.647 bits per heavy atom. The smallest absolute Gasteiger partial charge is 0.328 e. The van der Waals surface area contributed by atoms with E-state index in [4.69, 9.17) is 20.4 Å². The van der Waals surface area contributed by atoms with Crippen LogP contribution in [0, 0.1) is 0 Å². The Kier molecular flexibility index (Phi) is 17.6. The first-order valence-corrected chi connectivity index (χ1v) is 10.9. The second-order valence-corrected chi connectivity index (χ2v) is 7.13. The molecular weight excluding hydrogens is 458 g/mol. The number of hydrogen-bond donors (Lipinski definition) is 4. The Balaban J connectivity index is 0. The molecule has 2 aromatic carbocycles. The van der Waals surface area contributed by atoms with Crippen molar-refractivity contribution in [1.82, 2.24) is 0 Å². The number of phenols is 2. The van der Waals surface area contributed by atoms with Crippen molar-refractivity contribution in [2.24, 2.45) is 0 Å². The normalized spacial score (nSPS) is 10.5. The van der Waals surface area contributed by atoms with Crippen molar-refractivity contribution in [3.8, 4) is 11.5 Å². The number of phenolic OH excluding ortho intramolecular Hbond substituents is 2. The highest BCUT2D eigenvalue weighted by Crippen LogP contribution is 2.11. The third-order valence-corrected chi connectivity index (χ3v) is 5.31. The minimum atomic E-state index is -0.983. The van der Waals surface area contributed by atoms with Crippen molar-refractivity contribution in [1.29, 1.82) is 0 Å². The summed E-state index contributed by atoms with van der Waals surface area (Å²) in [6.45, 7) is 14.2. The molecule has 2 aromatic rings. The first kappa shape index (κ1) is 32.9. The van der Waals surface area contributed by atoms with Crippen molar-refractivity contribution < 1.29 is 46.9 Å². The highest BCUT2D eigenvalue weighted by molar-refractivity contribution is 5.85. The molecule has 188 valence electrons. The van der Waals surface area contributed by atoms with Crippen LogP contribution < -0.4 is 12.4 Å². The first-order chi connectivity index (χ1) is 15.6. The lowest BCUT2D eigenvalue weighted by Gasteiger charge is -2.34. The average molecular weight is 494 g/mol. The van der Waals surface area contributed by atoms with Gasteiger partial charge >= 0.3 is 11.9 Å². The number of carboxylic acid groups (broad SMARTS) is 2. The molecular formula is C26H36ClNO6. The van der Waals surface area contributed by atoms with Crippen molar-refractivity contribution >= 4 is 24.1 Å². The molecule has 0 aliphatic rings. The number of carbonyl (C=O) groups is 2. The second-order valence-electron chi connectivity index (χ2n) is 7.13. The molecule has 4 N–H and O–H groups in total. The molecule has 0 aliphatic heterocycles. The maximum atomic E-state index is 10.1. The van der Waals surface area contributed by atoms with Crippen LogP contribution in [0.4, 0.5) is 0 Å². The number of hydrogen-bond acceptors (Lipinski definition) is 4. The molecule has 0 saturated heterocycles. The van der Waals surface area contributed by atoms with Crippen LogP contribution in [0.1, 0.15) is 38.8 Å². The molecule has 0 aromatic heterocycles. The van der Waals surface area contributed by atoms with E-state index in [1.165, 1.54) is 67.1 Å². The lowest BCUT2D eigenvalue weighted by molar-refractivity contribution is -0.921. The quantitative estimate of drug-likeness (QED) is 0.329. The third kappa shape index (κ3) is 14.7. The Labute approximate surface area is 208 Å². The van der Waals surface area contributed by atoms with E-state index in [0.29, 0.717) is 0 Å². The third-order valence-electron chi connectivity index (χ3n) is 5.31. The zero-order valence-corrected chi connectivity index (χ0v) is 20.9. The minimum Gasteiger partial charge on any atom is -1.00 e. The van der Waals surface area contributed by atoms with Crippen LogP contribution in [0.15, 0.2) is 60.7 Å². The summed E-state index contributed by atoms with van der Waals surface area (Å²) >= 11 is 0. The number of quaternary nitrogens is 1. The van der Waals surface area contributed by atoms with Gasteiger partial charge in [-0.15, -0.1) is 0 Å². The molecule has 2 rings (SSSR count). The molecule has 0 radical (unpaired) electrons. The molecule has 34 heavy (non-hydrogen) atoms. The Hall–Kier alpha value is -3.29.